The summed E-state index contributed by atoms with van der Waals surface area (Å²) in [6, 6.07) is 28.2. The lowest BCUT2D eigenvalue weighted by Crippen LogP contribution is -2.12. The van der Waals surface area contributed by atoms with Gasteiger partial charge in [0.2, 0.25) is 0 Å². The predicted octanol–water partition coefficient (Wildman–Crippen LogP) is 5.84. The molecule has 0 spiro atoms. The van der Waals surface area contributed by atoms with E-state index in [1.807, 2.05) is 36.4 Å². The number of benzene rings is 5. The molecular formula is C23H15NO. The van der Waals surface area contributed by atoms with Gasteiger partial charge in [-0.15, -0.1) is 0 Å². The Hall–Kier alpha value is -3.39. The molecule has 2 nitrogen and oxygen atoms in total. The van der Waals surface area contributed by atoms with Gasteiger partial charge >= 0.3 is 0 Å². The molecule has 2 heteroatoms. The summed E-state index contributed by atoms with van der Waals surface area (Å²) in [5.74, 6) is -0.0876. The molecule has 5 aromatic rings. The molecular weight excluding hydrogens is 306 g/mol. The van der Waals surface area contributed by atoms with Gasteiger partial charge in [-0.1, -0.05) is 66.7 Å². The first-order chi connectivity index (χ1) is 12.3. The summed E-state index contributed by atoms with van der Waals surface area (Å²) in [7, 11) is 0. The van der Waals surface area contributed by atoms with E-state index in [4.69, 9.17) is 0 Å². The van der Waals surface area contributed by atoms with Gasteiger partial charge in [0.1, 0.15) is 0 Å². The molecule has 118 valence electrons. The Morgan fingerprint density at radius 2 is 1.32 bits per heavy atom. The van der Waals surface area contributed by atoms with Crippen LogP contribution in [0, 0.1) is 0 Å². The normalized spacial score (nSPS) is 11.4. The maximum atomic E-state index is 12.6. The highest BCUT2D eigenvalue weighted by molar-refractivity contribution is 6.27. The fraction of sp³-hybridized carbons (Fsp3) is 0. The molecule has 0 saturated carbocycles. The molecule has 1 amide bonds. The third-order valence-corrected chi connectivity index (χ3v) is 4.79. The molecule has 1 N–H and O–H groups in total. The standard InChI is InChI=1S/C23H15NO/c25-23(17-6-2-1-3-7-17)24-20-14-18-10-4-8-15-12-13-16-9-5-11-19(20)22(16)21(15)18/h1-14H,(H,24,25). The van der Waals surface area contributed by atoms with E-state index >= 15 is 0 Å². The van der Waals surface area contributed by atoms with Gasteiger partial charge in [-0.2, -0.15) is 0 Å². The van der Waals surface area contributed by atoms with Crippen LogP contribution in [0.1, 0.15) is 10.4 Å². The number of hydrogen-bond donors (Lipinski definition) is 1. The van der Waals surface area contributed by atoms with Crippen LogP contribution < -0.4 is 5.32 Å². The Balaban J connectivity index is 1.76. The summed E-state index contributed by atoms with van der Waals surface area (Å²) in [6.45, 7) is 0. The highest BCUT2D eigenvalue weighted by atomic mass is 16.1. The van der Waals surface area contributed by atoms with Crippen molar-refractivity contribution in [1.82, 2.24) is 0 Å². The van der Waals surface area contributed by atoms with Crippen LogP contribution in [0.25, 0.3) is 32.3 Å². The minimum atomic E-state index is -0.0876. The number of nitrogens with one attached hydrogen (secondary N) is 1. The van der Waals surface area contributed by atoms with E-state index in [9.17, 15) is 4.79 Å². The third-order valence-electron chi connectivity index (χ3n) is 4.79. The Labute approximate surface area is 145 Å². The lowest BCUT2D eigenvalue weighted by molar-refractivity contribution is 0.102. The zero-order chi connectivity index (χ0) is 16.8. The number of carbonyl (C=O) groups excluding carboxylic acids is 1. The molecule has 0 aliphatic rings. The molecule has 0 atom stereocenters. The van der Waals surface area contributed by atoms with Crippen LogP contribution in [0.5, 0.6) is 0 Å². The second kappa shape index (κ2) is 5.32. The first-order valence-corrected chi connectivity index (χ1v) is 8.34. The summed E-state index contributed by atoms with van der Waals surface area (Å²) in [5, 5.41) is 10.2. The minimum Gasteiger partial charge on any atom is -0.321 e. The van der Waals surface area contributed by atoms with Crippen LogP contribution in [0.4, 0.5) is 5.69 Å². The molecule has 0 heterocycles. The fourth-order valence-corrected chi connectivity index (χ4v) is 3.65. The van der Waals surface area contributed by atoms with Crippen molar-refractivity contribution >= 4 is 43.9 Å². The lowest BCUT2D eigenvalue weighted by atomic mass is 9.93. The molecule has 0 fully saturated rings. The Bertz CT molecular complexity index is 1220. The molecule has 0 aromatic heterocycles. The average Bonchev–Trinajstić information content (AvgIpc) is 2.67. The summed E-state index contributed by atoms with van der Waals surface area (Å²) >= 11 is 0. The van der Waals surface area contributed by atoms with E-state index in [1.54, 1.807) is 0 Å². The SMILES string of the molecule is O=C(Nc1cc2cccc3ccc4cccc1c4c32)c1ccccc1. The molecule has 5 rings (SSSR count). The van der Waals surface area contributed by atoms with Crippen molar-refractivity contribution in [3.8, 4) is 0 Å². The van der Waals surface area contributed by atoms with Crippen molar-refractivity contribution < 1.29 is 4.79 Å². The molecule has 0 aliphatic heterocycles. The number of anilines is 1. The smallest absolute Gasteiger partial charge is 0.255 e. The van der Waals surface area contributed by atoms with Crippen molar-refractivity contribution in [1.29, 1.82) is 0 Å². The Morgan fingerprint density at radius 3 is 2.12 bits per heavy atom. The van der Waals surface area contributed by atoms with E-state index in [2.05, 4.69) is 53.8 Å². The van der Waals surface area contributed by atoms with E-state index < -0.39 is 0 Å². The van der Waals surface area contributed by atoms with Crippen LogP contribution in [0.3, 0.4) is 0 Å². The highest BCUT2D eigenvalue weighted by Gasteiger charge is 2.13. The van der Waals surface area contributed by atoms with E-state index in [1.165, 1.54) is 21.5 Å². The lowest BCUT2D eigenvalue weighted by Gasteiger charge is -2.15. The maximum absolute atomic E-state index is 12.6. The van der Waals surface area contributed by atoms with Crippen molar-refractivity contribution in [3.63, 3.8) is 0 Å². The van der Waals surface area contributed by atoms with Crippen molar-refractivity contribution in [2.45, 2.75) is 0 Å². The molecule has 0 unspecified atom stereocenters. The Kier molecular flexibility index (Phi) is 2.98. The van der Waals surface area contributed by atoms with E-state index in [-0.39, 0.29) is 5.91 Å². The van der Waals surface area contributed by atoms with Crippen LogP contribution in [0.15, 0.2) is 84.9 Å². The van der Waals surface area contributed by atoms with Crippen molar-refractivity contribution in [3.05, 3.63) is 90.5 Å². The molecule has 0 aliphatic carbocycles. The molecule has 0 saturated heterocycles. The quantitative estimate of drug-likeness (QED) is 0.407. The van der Waals surface area contributed by atoms with Crippen LogP contribution >= 0.6 is 0 Å². The van der Waals surface area contributed by atoms with Gasteiger partial charge < -0.3 is 5.32 Å². The molecule has 0 bridgehead atoms. The number of amides is 1. The summed E-state index contributed by atoms with van der Waals surface area (Å²) in [5.41, 5.74) is 1.51. The number of rotatable bonds is 2. The maximum Gasteiger partial charge on any atom is 0.255 e. The van der Waals surface area contributed by atoms with Crippen molar-refractivity contribution in [2.24, 2.45) is 0 Å². The topological polar surface area (TPSA) is 29.1 Å². The first-order valence-electron chi connectivity index (χ1n) is 8.34. The highest BCUT2D eigenvalue weighted by Crippen LogP contribution is 2.38. The molecule has 25 heavy (non-hydrogen) atoms. The van der Waals surface area contributed by atoms with Gasteiger partial charge in [-0.05, 0) is 45.1 Å². The van der Waals surface area contributed by atoms with Gasteiger partial charge in [-0.3, -0.25) is 4.79 Å². The third kappa shape index (κ3) is 2.15. The van der Waals surface area contributed by atoms with Crippen LogP contribution in [-0.4, -0.2) is 5.91 Å². The minimum absolute atomic E-state index is 0.0876. The monoisotopic (exact) mass is 321 g/mol. The van der Waals surface area contributed by atoms with Crippen LogP contribution in [0.2, 0.25) is 0 Å². The zero-order valence-corrected chi connectivity index (χ0v) is 13.5. The zero-order valence-electron chi connectivity index (χ0n) is 13.5. The number of hydrogen-bond acceptors (Lipinski definition) is 1. The van der Waals surface area contributed by atoms with Crippen molar-refractivity contribution in [2.75, 3.05) is 5.32 Å². The van der Waals surface area contributed by atoms with Gasteiger partial charge in [0.05, 0.1) is 0 Å². The van der Waals surface area contributed by atoms with Crippen LogP contribution in [-0.2, 0) is 0 Å². The van der Waals surface area contributed by atoms with E-state index in [0.29, 0.717) is 5.56 Å². The van der Waals surface area contributed by atoms with Gasteiger partial charge in [-0.25, -0.2) is 0 Å². The molecule has 5 aromatic carbocycles. The summed E-state index contributed by atoms with van der Waals surface area (Å²) in [4.78, 5) is 12.6. The van der Waals surface area contributed by atoms with Gasteiger partial charge in [0, 0.05) is 16.6 Å². The Morgan fingerprint density at radius 1 is 0.640 bits per heavy atom. The fourth-order valence-electron chi connectivity index (χ4n) is 3.65. The second-order valence-corrected chi connectivity index (χ2v) is 6.29. The van der Waals surface area contributed by atoms with E-state index in [0.717, 1.165) is 16.5 Å². The van der Waals surface area contributed by atoms with Gasteiger partial charge in [0.25, 0.3) is 5.91 Å². The first kappa shape index (κ1) is 14.0. The predicted molar refractivity (Wildman–Crippen MR) is 105 cm³/mol. The van der Waals surface area contributed by atoms with Gasteiger partial charge in [0.15, 0.2) is 0 Å². The average molecular weight is 321 g/mol. The summed E-state index contributed by atoms with van der Waals surface area (Å²) in [6.07, 6.45) is 0. The molecule has 0 radical (unpaired) electrons. The second-order valence-electron chi connectivity index (χ2n) is 6.29. The number of carbonyl (C=O) groups is 1. The largest absolute Gasteiger partial charge is 0.321 e. The summed E-state index contributed by atoms with van der Waals surface area (Å²) < 4.78 is 0.